The molecule has 0 amide bonds. The summed E-state index contributed by atoms with van der Waals surface area (Å²) in [6.07, 6.45) is 1.39. The molecule has 1 atom stereocenters. The predicted molar refractivity (Wildman–Crippen MR) is 102 cm³/mol. The first-order chi connectivity index (χ1) is 13.4. The molecule has 0 radical (unpaired) electrons. The van der Waals surface area contributed by atoms with E-state index in [1.807, 2.05) is 25.1 Å². The van der Waals surface area contributed by atoms with Gasteiger partial charge in [0.05, 0.1) is 18.2 Å². The van der Waals surface area contributed by atoms with E-state index in [4.69, 9.17) is 9.47 Å². The van der Waals surface area contributed by atoms with Gasteiger partial charge < -0.3 is 14.6 Å². The summed E-state index contributed by atoms with van der Waals surface area (Å²) in [5.74, 6) is -0.428. The summed E-state index contributed by atoms with van der Waals surface area (Å²) in [6, 6.07) is 9.09. The van der Waals surface area contributed by atoms with Crippen molar-refractivity contribution in [3.8, 4) is 17.7 Å². The Hall–Kier alpha value is -3.11. The van der Waals surface area contributed by atoms with Gasteiger partial charge in [0.2, 0.25) is 11.7 Å². The first kappa shape index (κ1) is 19.6. The van der Waals surface area contributed by atoms with Gasteiger partial charge in [-0.25, -0.2) is 0 Å². The first-order valence-electron chi connectivity index (χ1n) is 9.13. The number of aryl methyl sites for hydroxylation is 1. The van der Waals surface area contributed by atoms with Crippen molar-refractivity contribution >= 4 is 5.78 Å². The Morgan fingerprint density at radius 1 is 1.43 bits per heavy atom. The average Bonchev–Trinajstić information content (AvgIpc) is 3.17. The standard InChI is InChI=1S/C21H22N2O5/c1-13-5-3-6-15(9-13)28-12-18(24)19-14(2)17(10-22)20(25)23(21(19)26)11-16-7-4-8-27-16/h3,5-6,9,16,26H,4,7-8,11-12H2,1-2H3. The fraction of sp³-hybridized carbons (Fsp3) is 0.381. The van der Waals surface area contributed by atoms with Gasteiger partial charge in [-0.15, -0.1) is 0 Å². The number of ketones is 1. The molecule has 3 rings (SSSR count). The molecule has 2 heterocycles. The Labute approximate surface area is 162 Å². The average molecular weight is 382 g/mol. The molecule has 1 aromatic heterocycles. The zero-order valence-electron chi connectivity index (χ0n) is 15.9. The maximum atomic E-state index is 12.8. The van der Waals surface area contributed by atoms with Crippen molar-refractivity contribution in [1.82, 2.24) is 4.57 Å². The topological polar surface area (TPSA) is 102 Å². The van der Waals surface area contributed by atoms with E-state index >= 15 is 0 Å². The second-order valence-corrected chi connectivity index (χ2v) is 6.89. The van der Waals surface area contributed by atoms with Crippen LogP contribution < -0.4 is 10.3 Å². The van der Waals surface area contributed by atoms with Crippen molar-refractivity contribution in [2.75, 3.05) is 13.2 Å². The third-order valence-corrected chi connectivity index (χ3v) is 4.85. The van der Waals surface area contributed by atoms with Crippen LogP contribution in [0.3, 0.4) is 0 Å². The number of ether oxygens (including phenoxy) is 2. The van der Waals surface area contributed by atoms with E-state index in [0.29, 0.717) is 12.4 Å². The third-order valence-electron chi connectivity index (χ3n) is 4.85. The largest absolute Gasteiger partial charge is 0.494 e. The molecule has 28 heavy (non-hydrogen) atoms. The number of carbonyl (C=O) groups excluding carboxylic acids is 1. The van der Waals surface area contributed by atoms with Crippen LogP contribution >= 0.6 is 0 Å². The van der Waals surface area contributed by atoms with E-state index in [9.17, 15) is 20.0 Å². The van der Waals surface area contributed by atoms with Gasteiger partial charge in [0.1, 0.15) is 17.4 Å². The van der Waals surface area contributed by atoms with E-state index in [-0.39, 0.29) is 35.9 Å². The van der Waals surface area contributed by atoms with Gasteiger partial charge in [-0.2, -0.15) is 5.26 Å². The number of carbonyl (C=O) groups is 1. The van der Waals surface area contributed by atoms with E-state index in [0.717, 1.165) is 23.0 Å². The minimum Gasteiger partial charge on any atom is -0.494 e. The number of Topliss-reactive ketones (excluding diaryl/α,β-unsaturated/α-hetero) is 1. The quantitative estimate of drug-likeness (QED) is 0.770. The van der Waals surface area contributed by atoms with Gasteiger partial charge >= 0.3 is 0 Å². The smallest absolute Gasteiger partial charge is 0.271 e. The minimum absolute atomic E-state index is 0.0678. The van der Waals surface area contributed by atoms with E-state index in [1.165, 1.54) is 6.92 Å². The number of aromatic hydroxyl groups is 1. The summed E-state index contributed by atoms with van der Waals surface area (Å²) >= 11 is 0. The number of rotatable bonds is 6. The second-order valence-electron chi connectivity index (χ2n) is 6.89. The van der Waals surface area contributed by atoms with E-state index in [1.54, 1.807) is 12.1 Å². The number of hydrogen-bond donors (Lipinski definition) is 1. The lowest BCUT2D eigenvalue weighted by molar-refractivity contribution is 0.0894. The number of benzene rings is 1. The second kappa shape index (κ2) is 8.28. The summed E-state index contributed by atoms with van der Waals surface area (Å²) in [6.45, 7) is 3.76. The fourth-order valence-corrected chi connectivity index (χ4v) is 3.37. The summed E-state index contributed by atoms with van der Waals surface area (Å²) in [5.41, 5.74) is 0.299. The highest BCUT2D eigenvalue weighted by Gasteiger charge is 2.26. The number of pyridine rings is 1. The SMILES string of the molecule is Cc1cccc(OCC(=O)c2c(C)c(C#N)c(=O)n(CC3CCCO3)c2O)c1. The highest BCUT2D eigenvalue weighted by molar-refractivity contribution is 6.01. The zero-order valence-corrected chi connectivity index (χ0v) is 15.9. The monoisotopic (exact) mass is 382 g/mol. The molecule has 2 aromatic rings. The Balaban J connectivity index is 1.93. The maximum absolute atomic E-state index is 12.8. The number of hydrogen-bond acceptors (Lipinski definition) is 6. The van der Waals surface area contributed by atoms with Crippen molar-refractivity contribution in [2.45, 2.75) is 39.3 Å². The molecule has 7 nitrogen and oxygen atoms in total. The molecule has 0 saturated carbocycles. The Kier molecular flexibility index (Phi) is 5.81. The lowest BCUT2D eigenvalue weighted by Crippen LogP contribution is -2.31. The first-order valence-corrected chi connectivity index (χ1v) is 9.13. The lowest BCUT2D eigenvalue weighted by atomic mass is 10.0. The molecule has 1 aromatic carbocycles. The molecule has 0 aliphatic carbocycles. The van der Waals surface area contributed by atoms with Gasteiger partial charge in [0.25, 0.3) is 5.56 Å². The van der Waals surface area contributed by atoms with Crippen LogP contribution in [0.2, 0.25) is 0 Å². The van der Waals surface area contributed by atoms with Crippen LogP contribution in [0.15, 0.2) is 29.1 Å². The predicted octanol–water partition coefficient (Wildman–Crippen LogP) is 2.48. The van der Waals surface area contributed by atoms with Crippen LogP contribution in [0.25, 0.3) is 0 Å². The summed E-state index contributed by atoms with van der Waals surface area (Å²) in [5, 5.41) is 20.1. The molecule has 1 aliphatic rings. The van der Waals surface area contributed by atoms with Crippen molar-refractivity contribution in [2.24, 2.45) is 0 Å². The van der Waals surface area contributed by atoms with Crippen LogP contribution in [0.4, 0.5) is 0 Å². The number of nitriles is 1. The molecule has 1 aliphatic heterocycles. The van der Waals surface area contributed by atoms with E-state index < -0.39 is 17.2 Å². The molecule has 146 valence electrons. The minimum atomic E-state index is -0.621. The Bertz CT molecular complexity index is 997. The fourth-order valence-electron chi connectivity index (χ4n) is 3.37. The van der Waals surface area contributed by atoms with Crippen LogP contribution in [0.5, 0.6) is 11.6 Å². The van der Waals surface area contributed by atoms with Crippen molar-refractivity contribution in [3.05, 3.63) is 56.9 Å². The number of aromatic nitrogens is 1. The van der Waals surface area contributed by atoms with Crippen molar-refractivity contribution < 1.29 is 19.4 Å². The van der Waals surface area contributed by atoms with Crippen molar-refractivity contribution in [3.63, 3.8) is 0 Å². The highest BCUT2D eigenvalue weighted by atomic mass is 16.5. The van der Waals surface area contributed by atoms with Crippen LogP contribution in [-0.2, 0) is 11.3 Å². The highest BCUT2D eigenvalue weighted by Crippen LogP contribution is 2.25. The zero-order chi connectivity index (χ0) is 20.3. The molecular formula is C21H22N2O5. The molecule has 0 spiro atoms. The van der Waals surface area contributed by atoms with Gasteiger partial charge in [0.15, 0.2) is 6.61 Å². The van der Waals surface area contributed by atoms with Gasteiger partial charge in [0, 0.05) is 6.61 Å². The summed E-state index contributed by atoms with van der Waals surface area (Å²) in [7, 11) is 0. The Morgan fingerprint density at radius 2 is 2.21 bits per heavy atom. The van der Waals surface area contributed by atoms with Crippen LogP contribution in [0, 0.1) is 25.2 Å². The normalized spacial score (nSPS) is 16.0. The van der Waals surface area contributed by atoms with Crippen molar-refractivity contribution in [1.29, 1.82) is 5.26 Å². The number of nitrogens with zero attached hydrogens (tertiary/aromatic N) is 2. The summed E-state index contributed by atoms with van der Waals surface area (Å²) in [4.78, 5) is 25.4. The van der Waals surface area contributed by atoms with Gasteiger partial charge in [-0.05, 0) is 49.9 Å². The molecule has 1 fully saturated rings. The third kappa shape index (κ3) is 3.92. The van der Waals surface area contributed by atoms with E-state index in [2.05, 4.69) is 0 Å². The molecule has 0 bridgehead atoms. The maximum Gasteiger partial charge on any atom is 0.271 e. The molecule has 1 saturated heterocycles. The Morgan fingerprint density at radius 3 is 2.86 bits per heavy atom. The van der Waals surface area contributed by atoms with Crippen LogP contribution in [0.1, 0.15) is 39.9 Å². The lowest BCUT2D eigenvalue weighted by Gasteiger charge is -2.18. The molecule has 7 heteroatoms. The molecular weight excluding hydrogens is 360 g/mol. The molecule has 1 unspecified atom stereocenters. The van der Waals surface area contributed by atoms with Crippen LogP contribution in [-0.4, -0.2) is 34.8 Å². The summed E-state index contributed by atoms with van der Waals surface area (Å²) < 4.78 is 12.1. The van der Waals surface area contributed by atoms with Gasteiger partial charge in [-0.1, -0.05) is 12.1 Å². The molecule has 1 N–H and O–H groups in total. The van der Waals surface area contributed by atoms with Gasteiger partial charge in [-0.3, -0.25) is 14.2 Å².